The number of anilines is 1. The van der Waals surface area contributed by atoms with E-state index in [4.69, 9.17) is 11.6 Å². The van der Waals surface area contributed by atoms with Crippen LogP contribution >= 0.6 is 11.6 Å². The number of nitrogens with zero attached hydrogens (tertiary/aromatic N) is 1. The number of hydrogen-bond donors (Lipinski definition) is 1. The van der Waals surface area contributed by atoms with Crippen LogP contribution in [0, 0.1) is 0 Å². The first kappa shape index (κ1) is 13.7. The molecule has 3 heteroatoms. The Bertz CT molecular complexity index is 419. The maximum atomic E-state index is 6.13. The molecule has 0 bridgehead atoms. The Balaban J connectivity index is 2.17. The first-order valence-electron chi connectivity index (χ1n) is 6.63. The molecule has 0 heterocycles. The lowest BCUT2D eigenvalue weighted by Crippen LogP contribution is -2.35. The van der Waals surface area contributed by atoms with Crippen molar-refractivity contribution in [3.05, 3.63) is 28.8 Å². The van der Waals surface area contributed by atoms with Crippen LogP contribution in [0.2, 0.25) is 5.02 Å². The molecule has 1 N–H and O–H groups in total. The quantitative estimate of drug-likeness (QED) is 0.891. The van der Waals surface area contributed by atoms with Gasteiger partial charge in [0.05, 0.1) is 0 Å². The molecule has 1 aromatic rings. The molecule has 0 unspecified atom stereocenters. The monoisotopic (exact) mass is 266 g/mol. The summed E-state index contributed by atoms with van der Waals surface area (Å²) >= 11 is 6.13. The van der Waals surface area contributed by atoms with Gasteiger partial charge in [0.1, 0.15) is 0 Å². The van der Waals surface area contributed by atoms with Gasteiger partial charge in [0, 0.05) is 35.9 Å². The average Bonchev–Trinajstić information content (AvgIpc) is 3.09. The first-order valence-corrected chi connectivity index (χ1v) is 7.01. The summed E-state index contributed by atoms with van der Waals surface area (Å²) in [5.41, 5.74) is 2.72. The summed E-state index contributed by atoms with van der Waals surface area (Å²) in [5, 5.41) is 4.36. The van der Waals surface area contributed by atoms with Crippen LogP contribution in [0.1, 0.15) is 39.2 Å². The van der Waals surface area contributed by atoms with Crippen LogP contribution in [-0.2, 0) is 6.54 Å². The molecule has 100 valence electrons. The van der Waals surface area contributed by atoms with Crippen LogP contribution in [0.25, 0.3) is 0 Å². The predicted molar refractivity (Wildman–Crippen MR) is 79.5 cm³/mol. The van der Waals surface area contributed by atoms with Gasteiger partial charge in [0.15, 0.2) is 0 Å². The third-order valence-corrected chi connectivity index (χ3v) is 3.57. The molecular formula is C15H23ClN2. The normalized spacial score (nSPS) is 15.8. The largest absolute Gasteiger partial charge is 0.371 e. The highest BCUT2D eigenvalue weighted by molar-refractivity contribution is 6.30. The first-order chi connectivity index (χ1) is 8.37. The molecule has 2 rings (SSSR count). The fraction of sp³-hybridized carbons (Fsp3) is 0.600. The van der Waals surface area contributed by atoms with Crippen molar-refractivity contribution in [3.8, 4) is 0 Å². The topological polar surface area (TPSA) is 15.3 Å². The molecule has 2 nitrogen and oxygen atoms in total. The van der Waals surface area contributed by atoms with E-state index in [2.05, 4.69) is 50.2 Å². The second kappa shape index (κ2) is 5.10. The molecule has 0 spiro atoms. The Labute approximate surface area is 115 Å². The minimum absolute atomic E-state index is 0.134. The van der Waals surface area contributed by atoms with Gasteiger partial charge in [0.25, 0.3) is 0 Å². The summed E-state index contributed by atoms with van der Waals surface area (Å²) < 4.78 is 0. The van der Waals surface area contributed by atoms with Crippen molar-refractivity contribution in [2.75, 3.05) is 11.9 Å². The molecule has 1 aliphatic rings. The lowest BCUT2D eigenvalue weighted by Gasteiger charge is -2.26. The molecule has 0 aromatic heterocycles. The molecule has 1 saturated carbocycles. The van der Waals surface area contributed by atoms with E-state index >= 15 is 0 Å². The third-order valence-electron chi connectivity index (χ3n) is 3.33. The summed E-state index contributed by atoms with van der Waals surface area (Å²) in [6.45, 7) is 7.45. The van der Waals surface area contributed by atoms with Crippen molar-refractivity contribution in [2.45, 2.75) is 51.7 Å². The Morgan fingerprint density at radius 1 is 1.33 bits per heavy atom. The summed E-state index contributed by atoms with van der Waals surface area (Å²) in [7, 11) is 2.17. The molecule has 0 atom stereocenters. The maximum absolute atomic E-state index is 6.13. The van der Waals surface area contributed by atoms with Gasteiger partial charge in [-0.25, -0.2) is 0 Å². The Morgan fingerprint density at radius 3 is 2.56 bits per heavy atom. The van der Waals surface area contributed by atoms with Gasteiger partial charge in [-0.2, -0.15) is 0 Å². The SMILES string of the molecule is CN(c1cc(Cl)ccc1CNC(C)(C)C)C1CC1. The number of rotatable bonds is 4. The van der Waals surface area contributed by atoms with Gasteiger partial charge < -0.3 is 10.2 Å². The molecular weight excluding hydrogens is 244 g/mol. The molecule has 1 fully saturated rings. The Kier molecular flexibility index (Phi) is 3.88. The van der Waals surface area contributed by atoms with E-state index in [0.29, 0.717) is 6.04 Å². The zero-order valence-corrected chi connectivity index (χ0v) is 12.5. The Morgan fingerprint density at radius 2 is 2.00 bits per heavy atom. The van der Waals surface area contributed by atoms with E-state index in [0.717, 1.165) is 11.6 Å². The number of halogens is 1. The number of hydrogen-bond acceptors (Lipinski definition) is 2. The molecule has 0 aliphatic heterocycles. The van der Waals surface area contributed by atoms with Gasteiger partial charge in [-0.15, -0.1) is 0 Å². The van der Waals surface area contributed by atoms with Crippen molar-refractivity contribution >= 4 is 17.3 Å². The van der Waals surface area contributed by atoms with Crippen LogP contribution in [-0.4, -0.2) is 18.6 Å². The van der Waals surface area contributed by atoms with Gasteiger partial charge in [-0.05, 0) is 51.3 Å². The summed E-state index contributed by atoms with van der Waals surface area (Å²) in [5.74, 6) is 0. The lowest BCUT2D eigenvalue weighted by molar-refractivity contribution is 0.424. The van der Waals surface area contributed by atoms with Gasteiger partial charge in [-0.3, -0.25) is 0 Å². The summed E-state index contributed by atoms with van der Waals surface area (Å²) in [6.07, 6.45) is 2.60. The third kappa shape index (κ3) is 3.63. The van der Waals surface area contributed by atoms with Gasteiger partial charge >= 0.3 is 0 Å². The van der Waals surface area contributed by atoms with Crippen molar-refractivity contribution < 1.29 is 0 Å². The predicted octanol–water partition coefficient (Wildman–Crippen LogP) is 3.83. The Hall–Kier alpha value is -0.730. The molecule has 0 radical (unpaired) electrons. The van der Waals surface area contributed by atoms with Crippen molar-refractivity contribution in [1.29, 1.82) is 0 Å². The molecule has 0 saturated heterocycles. The van der Waals surface area contributed by atoms with E-state index in [1.165, 1.54) is 24.1 Å². The van der Waals surface area contributed by atoms with E-state index in [1.54, 1.807) is 0 Å². The molecule has 18 heavy (non-hydrogen) atoms. The minimum atomic E-state index is 0.134. The van der Waals surface area contributed by atoms with Crippen LogP contribution in [0.4, 0.5) is 5.69 Å². The fourth-order valence-electron chi connectivity index (χ4n) is 2.03. The van der Waals surface area contributed by atoms with Crippen LogP contribution in [0.3, 0.4) is 0 Å². The zero-order chi connectivity index (χ0) is 13.3. The van der Waals surface area contributed by atoms with E-state index < -0.39 is 0 Å². The fourth-order valence-corrected chi connectivity index (χ4v) is 2.20. The highest BCUT2D eigenvalue weighted by atomic mass is 35.5. The van der Waals surface area contributed by atoms with Crippen LogP contribution in [0.5, 0.6) is 0 Å². The van der Waals surface area contributed by atoms with E-state index in [-0.39, 0.29) is 5.54 Å². The minimum Gasteiger partial charge on any atom is -0.371 e. The van der Waals surface area contributed by atoms with Crippen molar-refractivity contribution in [2.24, 2.45) is 0 Å². The second-order valence-electron chi connectivity index (χ2n) is 6.22. The van der Waals surface area contributed by atoms with Crippen molar-refractivity contribution in [3.63, 3.8) is 0 Å². The number of benzene rings is 1. The van der Waals surface area contributed by atoms with Gasteiger partial charge in [-0.1, -0.05) is 17.7 Å². The highest BCUT2D eigenvalue weighted by Gasteiger charge is 2.27. The second-order valence-corrected chi connectivity index (χ2v) is 6.66. The van der Waals surface area contributed by atoms with E-state index in [9.17, 15) is 0 Å². The van der Waals surface area contributed by atoms with Crippen LogP contribution < -0.4 is 10.2 Å². The summed E-state index contributed by atoms with van der Waals surface area (Å²) in [4.78, 5) is 2.37. The zero-order valence-electron chi connectivity index (χ0n) is 11.8. The maximum Gasteiger partial charge on any atom is 0.0426 e. The molecule has 1 aromatic carbocycles. The lowest BCUT2D eigenvalue weighted by atomic mass is 10.1. The average molecular weight is 267 g/mol. The van der Waals surface area contributed by atoms with Crippen LogP contribution in [0.15, 0.2) is 18.2 Å². The van der Waals surface area contributed by atoms with Gasteiger partial charge in [0.2, 0.25) is 0 Å². The van der Waals surface area contributed by atoms with Crippen molar-refractivity contribution in [1.82, 2.24) is 5.32 Å². The van der Waals surface area contributed by atoms with E-state index in [1.807, 2.05) is 6.07 Å². The smallest absolute Gasteiger partial charge is 0.0426 e. The number of nitrogens with one attached hydrogen (secondary N) is 1. The highest BCUT2D eigenvalue weighted by Crippen LogP contribution is 2.33. The molecule has 1 aliphatic carbocycles. The standard InChI is InChI=1S/C15H23ClN2/c1-15(2,3)17-10-11-5-6-12(16)9-14(11)18(4)13-7-8-13/h5-6,9,13,17H,7-8,10H2,1-4H3. The molecule has 0 amide bonds. The summed E-state index contributed by atoms with van der Waals surface area (Å²) in [6, 6.07) is 6.90.